The molecule has 1 N–H and O–H groups in total. The Balaban J connectivity index is 2.83. The SMILES string of the molecule is CCC(C#N)S(=O)(=O)NC(C)c1ccncc1. The second-order valence-corrected chi connectivity index (χ2v) is 5.59. The Morgan fingerprint density at radius 3 is 2.53 bits per heavy atom. The summed E-state index contributed by atoms with van der Waals surface area (Å²) in [6, 6.07) is 4.89. The minimum atomic E-state index is -3.60. The van der Waals surface area contributed by atoms with Crippen molar-refractivity contribution in [3.8, 4) is 6.07 Å². The predicted octanol–water partition coefficient (Wildman–Crippen LogP) is 1.36. The molecule has 0 radical (unpaired) electrons. The van der Waals surface area contributed by atoms with Crippen LogP contribution in [0.2, 0.25) is 0 Å². The van der Waals surface area contributed by atoms with E-state index in [9.17, 15) is 8.42 Å². The van der Waals surface area contributed by atoms with E-state index in [-0.39, 0.29) is 12.5 Å². The third-order valence-electron chi connectivity index (χ3n) is 2.44. The molecule has 1 rings (SSSR count). The molecule has 5 nitrogen and oxygen atoms in total. The number of aromatic nitrogens is 1. The van der Waals surface area contributed by atoms with Crippen molar-refractivity contribution in [2.75, 3.05) is 0 Å². The zero-order chi connectivity index (χ0) is 12.9. The molecule has 0 aromatic carbocycles. The summed E-state index contributed by atoms with van der Waals surface area (Å²) in [5, 5.41) is 7.76. The quantitative estimate of drug-likeness (QED) is 0.859. The van der Waals surface area contributed by atoms with Crippen molar-refractivity contribution < 1.29 is 8.42 Å². The van der Waals surface area contributed by atoms with Gasteiger partial charge >= 0.3 is 0 Å². The third kappa shape index (κ3) is 3.51. The minimum Gasteiger partial charge on any atom is -0.265 e. The molecule has 0 saturated heterocycles. The standard InChI is InChI=1S/C11H15N3O2S/c1-3-11(8-12)17(15,16)14-9(2)10-4-6-13-7-5-10/h4-7,9,11,14H,3H2,1-2H3. The molecule has 1 heterocycles. The summed E-state index contributed by atoms with van der Waals surface area (Å²) >= 11 is 0. The van der Waals surface area contributed by atoms with Crippen LogP contribution in [-0.4, -0.2) is 18.7 Å². The van der Waals surface area contributed by atoms with Crippen molar-refractivity contribution in [2.45, 2.75) is 31.6 Å². The molecule has 0 aliphatic heterocycles. The van der Waals surface area contributed by atoms with Gasteiger partial charge in [-0.05, 0) is 31.0 Å². The van der Waals surface area contributed by atoms with Crippen LogP contribution in [0.15, 0.2) is 24.5 Å². The van der Waals surface area contributed by atoms with Gasteiger partial charge in [0.15, 0.2) is 5.25 Å². The van der Waals surface area contributed by atoms with E-state index in [2.05, 4.69) is 9.71 Å². The number of sulfonamides is 1. The van der Waals surface area contributed by atoms with Crippen LogP contribution in [0.25, 0.3) is 0 Å². The Morgan fingerprint density at radius 2 is 2.06 bits per heavy atom. The lowest BCUT2D eigenvalue weighted by Crippen LogP contribution is -2.34. The maximum absolute atomic E-state index is 11.8. The highest BCUT2D eigenvalue weighted by Gasteiger charge is 2.25. The summed E-state index contributed by atoms with van der Waals surface area (Å²) in [5.41, 5.74) is 0.816. The normalized spacial score (nSPS) is 14.9. The molecule has 2 atom stereocenters. The number of hydrogen-bond acceptors (Lipinski definition) is 4. The first kappa shape index (κ1) is 13.6. The maximum Gasteiger partial charge on any atom is 0.228 e. The molecule has 92 valence electrons. The van der Waals surface area contributed by atoms with E-state index >= 15 is 0 Å². The van der Waals surface area contributed by atoms with Gasteiger partial charge in [0, 0.05) is 18.4 Å². The van der Waals surface area contributed by atoms with E-state index < -0.39 is 15.3 Å². The van der Waals surface area contributed by atoms with Gasteiger partial charge in [-0.3, -0.25) is 4.98 Å². The van der Waals surface area contributed by atoms with Crippen molar-refractivity contribution in [1.29, 1.82) is 5.26 Å². The highest BCUT2D eigenvalue weighted by atomic mass is 32.2. The smallest absolute Gasteiger partial charge is 0.228 e. The van der Waals surface area contributed by atoms with Crippen LogP contribution in [0.3, 0.4) is 0 Å². The maximum atomic E-state index is 11.8. The molecule has 6 heteroatoms. The number of rotatable bonds is 5. The lowest BCUT2D eigenvalue weighted by Gasteiger charge is -2.16. The van der Waals surface area contributed by atoms with Crippen molar-refractivity contribution in [2.24, 2.45) is 0 Å². The molecule has 0 aliphatic carbocycles. The zero-order valence-electron chi connectivity index (χ0n) is 9.79. The fourth-order valence-electron chi connectivity index (χ4n) is 1.43. The first-order chi connectivity index (χ1) is 8.01. The Labute approximate surface area is 102 Å². The molecule has 0 fully saturated rings. The lowest BCUT2D eigenvalue weighted by atomic mass is 10.1. The Morgan fingerprint density at radius 1 is 1.47 bits per heavy atom. The van der Waals surface area contributed by atoms with Crippen LogP contribution in [0, 0.1) is 11.3 Å². The van der Waals surface area contributed by atoms with E-state index in [1.807, 2.05) is 0 Å². The first-order valence-electron chi connectivity index (χ1n) is 5.32. The Bertz CT molecular complexity index is 493. The topological polar surface area (TPSA) is 82.8 Å². The van der Waals surface area contributed by atoms with E-state index in [4.69, 9.17) is 5.26 Å². The zero-order valence-corrected chi connectivity index (χ0v) is 10.6. The fourth-order valence-corrected chi connectivity index (χ4v) is 2.80. The molecule has 0 amide bonds. The predicted molar refractivity (Wildman–Crippen MR) is 64.4 cm³/mol. The summed E-state index contributed by atoms with van der Waals surface area (Å²) in [6.07, 6.45) is 3.47. The van der Waals surface area contributed by atoms with Crippen LogP contribution in [0.5, 0.6) is 0 Å². The van der Waals surface area contributed by atoms with E-state index in [1.165, 1.54) is 0 Å². The molecule has 1 aromatic heterocycles. The summed E-state index contributed by atoms with van der Waals surface area (Å²) in [5.74, 6) is 0. The van der Waals surface area contributed by atoms with Gasteiger partial charge in [-0.1, -0.05) is 6.92 Å². The number of hydrogen-bond donors (Lipinski definition) is 1. The highest BCUT2D eigenvalue weighted by Crippen LogP contribution is 2.14. The van der Waals surface area contributed by atoms with Crippen LogP contribution in [0.4, 0.5) is 0 Å². The molecule has 17 heavy (non-hydrogen) atoms. The number of pyridine rings is 1. The first-order valence-corrected chi connectivity index (χ1v) is 6.86. The Kier molecular flexibility index (Phi) is 4.61. The van der Waals surface area contributed by atoms with Gasteiger partial charge < -0.3 is 0 Å². The van der Waals surface area contributed by atoms with Gasteiger partial charge in [0.2, 0.25) is 10.0 Å². The number of nitrogens with zero attached hydrogens (tertiary/aromatic N) is 2. The van der Waals surface area contributed by atoms with E-state index in [0.717, 1.165) is 5.56 Å². The molecule has 2 unspecified atom stereocenters. The highest BCUT2D eigenvalue weighted by molar-refractivity contribution is 7.90. The van der Waals surface area contributed by atoms with Crippen LogP contribution in [-0.2, 0) is 10.0 Å². The summed E-state index contributed by atoms with van der Waals surface area (Å²) in [6.45, 7) is 3.40. The van der Waals surface area contributed by atoms with Gasteiger partial charge in [0.1, 0.15) is 0 Å². The van der Waals surface area contributed by atoms with Gasteiger partial charge in [0.05, 0.1) is 6.07 Å². The average molecular weight is 253 g/mol. The third-order valence-corrected chi connectivity index (χ3v) is 4.31. The molecule has 0 aliphatic rings. The van der Waals surface area contributed by atoms with Gasteiger partial charge in [-0.25, -0.2) is 13.1 Å². The van der Waals surface area contributed by atoms with Crippen molar-refractivity contribution in [3.63, 3.8) is 0 Å². The molecular weight excluding hydrogens is 238 g/mol. The van der Waals surface area contributed by atoms with E-state index in [0.29, 0.717) is 0 Å². The largest absolute Gasteiger partial charge is 0.265 e. The van der Waals surface area contributed by atoms with Crippen molar-refractivity contribution in [3.05, 3.63) is 30.1 Å². The monoisotopic (exact) mass is 253 g/mol. The molecule has 0 spiro atoms. The molecular formula is C11H15N3O2S. The van der Waals surface area contributed by atoms with Crippen molar-refractivity contribution >= 4 is 10.0 Å². The molecule has 0 saturated carbocycles. The van der Waals surface area contributed by atoms with Crippen LogP contribution in [0.1, 0.15) is 31.9 Å². The van der Waals surface area contributed by atoms with Crippen LogP contribution >= 0.6 is 0 Å². The second kappa shape index (κ2) is 5.75. The Hall–Kier alpha value is -1.45. The molecule has 1 aromatic rings. The second-order valence-electron chi connectivity index (χ2n) is 3.69. The lowest BCUT2D eigenvalue weighted by molar-refractivity contribution is 0.558. The molecule has 0 bridgehead atoms. The van der Waals surface area contributed by atoms with Gasteiger partial charge in [0.25, 0.3) is 0 Å². The fraction of sp³-hybridized carbons (Fsp3) is 0.455. The van der Waals surface area contributed by atoms with Gasteiger partial charge in [-0.2, -0.15) is 5.26 Å². The summed E-state index contributed by atoms with van der Waals surface area (Å²) in [7, 11) is -3.60. The average Bonchev–Trinajstić information content (AvgIpc) is 2.30. The summed E-state index contributed by atoms with van der Waals surface area (Å²) < 4.78 is 26.2. The van der Waals surface area contributed by atoms with Crippen molar-refractivity contribution in [1.82, 2.24) is 9.71 Å². The van der Waals surface area contributed by atoms with Gasteiger partial charge in [-0.15, -0.1) is 0 Å². The minimum absolute atomic E-state index is 0.273. The summed E-state index contributed by atoms with van der Waals surface area (Å²) in [4.78, 5) is 3.86. The van der Waals surface area contributed by atoms with Crippen LogP contribution < -0.4 is 4.72 Å². The number of nitriles is 1. The van der Waals surface area contributed by atoms with E-state index in [1.54, 1.807) is 44.4 Å². The number of nitrogens with one attached hydrogen (secondary N) is 1.